The van der Waals surface area contributed by atoms with Crippen LogP contribution < -0.4 is 11.1 Å². The average molecular weight is 234 g/mol. The van der Waals surface area contributed by atoms with Crippen LogP contribution in [0.5, 0.6) is 0 Å². The second-order valence-corrected chi connectivity index (χ2v) is 3.88. The molecule has 2 heterocycles. The Morgan fingerprint density at radius 2 is 2.06 bits per heavy atom. The molecule has 0 saturated carbocycles. The fourth-order valence-electron chi connectivity index (χ4n) is 1.91. The van der Waals surface area contributed by atoms with Gasteiger partial charge in [0.25, 0.3) is 0 Å². The highest BCUT2D eigenvalue weighted by Gasteiger charge is 2.29. The molecular formula is C11H14N4O2. The first-order chi connectivity index (χ1) is 8.20. The van der Waals surface area contributed by atoms with Crippen molar-refractivity contribution in [1.82, 2.24) is 15.2 Å². The van der Waals surface area contributed by atoms with Gasteiger partial charge in [-0.2, -0.15) is 0 Å². The van der Waals surface area contributed by atoms with Gasteiger partial charge >= 0.3 is 0 Å². The van der Waals surface area contributed by atoms with Crippen LogP contribution in [0, 0.1) is 0 Å². The summed E-state index contributed by atoms with van der Waals surface area (Å²) in [5.41, 5.74) is 6.48. The summed E-state index contributed by atoms with van der Waals surface area (Å²) < 4.78 is 0. The summed E-state index contributed by atoms with van der Waals surface area (Å²) in [6.45, 7) is 0.659. The van der Waals surface area contributed by atoms with E-state index in [0.29, 0.717) is 6.54 Å². The van der Waals surface area contributed by atoms with Crippen LogP contribution in [-0.2, 0) is 9.59 Å². The summed E-state index contributed by atoms with van der Waals surface area (Å²) in [7, 11) is 0. The minimum absolute atomic E-state index is 0.171. The minimum atomic E-state index is -0.296. The Morgan fingerprint density at radius 3 is 2.59 bits per heavy atom. The lowest BCUT2D eigenvalue weighted by molar-refractivity contribution is -0.137. The second-order valence-electron chi connectivity index (χ2n) is 3.88. The lowest BCUT2D eigenvalue weighted by atomic mass is 10.1. The smallest absolute Gasteiger partial charge is 0.240 e. The number of amides is 2. The molecule has 0 spiro atoms. The van der Waals surface area contributed by atoms with E-state index in [1.165, 1.54) is 0 Å². The Balaban J connectivity index is 2.18. The molecule has 1 aliphatic rings. The molecule has 1 aromatic rings. The summed E-state index contributed by atoms with van der Waals surface area (Å²) in [4.78, 5) is 28.6. The summed E-state index contributed by atoms with van der Waals surface area (Å²) in [6, 6.07) is 5.31. The van der Waals surface area contributed by atoms with Crippen LogP contribution in [0.2, 0.25) is 0 Å². The van der Waals surface area contributed by atoms with Gasteiger partial charge in [-0.25, -0.2) is 0 Å². The van der Waals surface area contributed by atoms with Crippen molar-refractivity contribution in [3.05, 3.63) is 30.1 Å². The number of aromatic nitrogens is 1. The van der Waals surface area contributed by atoms with Crippen molar-refractivity contribution in [3.63, 3.8) is 0 Å². The molecule has 1 atom stereocenters. The van der Waals surface area contributed by atoms with Gasteiger partial charge in [-0.05, 0) is 12.1 Å². The van der Waals surface area contributed by atoms with E-state index in [9.17, 15) is 9.59 Å². The molecule has 0 bridgehead atoms. The highest BCUT2D eigenvalue weighted by molar-refractivity contribution is 5.99. The normalized spacial score (nSPS) is 18.9. The fourth-order valence-corrected chi connectivity index (χ4v) is 1.91. The molecule has 1 saturated heterocycles. The lowest BCUT2D eigenvalue weighted by Crippen LogP contribution is -2.53. The zero-order chi connectivity index (χ0) is 12.3. The summed E-state index contributed by atoms with van der Waals surface area (Å²) in [5.74, 6) is -0.591. The molecule has 6 heteroatoms. The van der Waals surface area contributed by atoms with Gasteiger partial charge in [-0.15, -0.1) is 0 Å². The van der Waals surface area contributed by atoms with Crippen molar-refractivity contribution in [2.45, 2.75) is 6.04 Å². The fraction of sp³-hybridized carbons (Fsp3) is 0.364. The molecular weight excluding hydrogens is 220 g/mol. The van der Waals surface area contributed by atoms with Gasteiger partial charge < -0.3 is 5.73 Å². The third-order valence-corrected chi connectivity index (χ3v) is 2.67. The van der Waals surface area contributed by atoms with E-state index in [1.54, 1.807) is 11.1 Å². The first-order valence-corrected chi connectivity index (χ1v) is 5.38. The van der Waals surface area contributed by atoms with Crippen molar-refractivity contribution in [3.8, 4) is 0 Å². The summed E-state index contributed by atoms with van der Waals surface area (Å²) in [6.07, 6.45) is 1.67. The zero-order valence-corrected chi connectivity index (χ0v) is 9.30. The quantitative estimate of drug-likeness (QED) is 0.658. The van der Waals surface area contributed by atoms with Crippen molar-refractivity contribution < 1.29 is 9.59 Å². The standard InChI is InChI=1S/C11H14N4O2/c12-5-9(8-3-1-2-4-13-8)15-6-10(16)14-11(17)7-15/h1-4,9H,5-7,12H2,(H,14,16,17). The van der Waals surface area contributed by atoms with E-state index >= 15 is 0 Å². The van der Waals surface area contributed by atoms with Crippen molar-refractivity contribution in [2.24, 2.45) is 5.73 Å². The molecule has 2 amide bonds. The minimum Gasteiger partial charge on any atom is -0.329 e. The second kappa shape index (κ2) is 5.03. The molecule has 2 rings (SSSR count). The number of carbonyl (C=O) groups excluding carboxylic acids is 2. The number of nitrogens with one attached hydrogen (secondary N) is 1. The Kier molecular flexibility index (Phi) is 3.46. The Morgan fingerprint density at radius 1 is 1.35 bits per heavy atom. The first-order valence-electron chi connectivity index (χ1n) is 5.38. The number of piperazine rings is 1. The average Bonchev–Trinajstić information content (AvgIpc) is 2.30. The Bertz CT molecular complexity index is 405. The van der Waals surface area contributed by atoms with Crippen LogP contribution in [-0.4, -0.2) is 41.3 Å². The van der Waals surface area contributed by atoms with E-state index < -0.39 is 0 Å². The summed E-state index contributed by atoms with van der Waals surface area (Å²) >= 11 is 0. The van der Waals surface area contributed by atoms with Crippen LogP contribution >= 0.6 is 0 Å². The maximum Gasteiger partial charge on any atom is 0.240 e. The Hall–Kier alpha value is -1.79. The van der Waals surface area contributed by atoms with Crippen LogP contribution in [0.4, 0.5) is 0 Å². The van der Waals surface area contributed by atoms with Crippen LogP contribution in [0.25, 0.3) is 0 Å². The van der Waals surface area contributed by atoms with Gasteiger partial charge in [0.15, 0.2) is 0 Å². The van der Waals surface area contributed by atoms with Gasteiger partial charge in [0, 0.05) is 12.7 Å². The van der Waals surface area contributed by atoms with Gasteiger partial charge in [-0.3, -0.25) is 24.8 Å². The van der Waals surface area contributed by atoms with Crippen LogP contribution in [0.15, 0.2) is 24.4 Å². The monoisotopic (exact) mass is 234 g/mol. The third-order valence-electron chi connectivity index (χ3n) is 2.67. The molecule has 1 aliphatic heterocycles. The molecule has 0 radical (unpaired) electrons. The predicted octanol–water partition coefficient (Wildman–Crippen LogP) is -0.960. The highest BCUT2D eigenvalue weighted by atomic mass is 16.2. The summed E-state index contributed by atoms with van der Waals surface area (Å²) in [5, 5.41) is 2.26. The largest absolute Gasteiger partial charge is 0.329 e. The van der Waals surface area contributed by atoms with E-state index in [0.717, 1.165) is 5.69 Å². The van der Waals surface area contributed by atoms with Gasteiger partial charge in [0.1, 0.15) is 0 Å². The number of pyridine rings is 1. The van der Waals surface area contributed by atoms with Crippen LogP contribution in [0.1, 0.15) is 11.7 Å². The SMILES string of the molecule is NCC(c1ccccn1)N1CC(=O)NC(=O)C1. The van der Waals surface area contributed by atoms with Gasteiger partial charge in [0.2, 0.25) is 11.8 Å². The van der Waals surface area contributed by atoms with E-state index in [2.05, 4.69) is 10.3 Å². The molecule has 1 aromatic heterocycles. The molecule has 3 N–H and O–H groups in total. The zero-order valence-electron chi connectivity index (χ0n) is 9.30. The topological polar surface area (TPSA) is 88.3 Å². The predicted molar refractivity (Wildman–Crippen MR) is 60.8 cm³/mol. The van der Waals surface area contributed by atoms with Crippen molar-refractivity contribution in [1.29, 1.82) is 0 Å². The number of carbonyl (C=O) groups is 2. The number of rotatable bonds is 3. The molecule has 0 aromatic carbocycles. The van der Waals surface area contributed by atoms with Gasteiger partial charge in [-0.1, -0.05) is 6.07 Å². The number of nitrogens with zero attached hydrogens (tertiary/aromatic N) is 2. The maximum absolute atomic E-state index is 11.3. The third kappa shape index (κ3) is 2.66. The van der Waals surface area contributed by atoms with E-state index in [-0.39, 0.29) is 30.9 Å². The number of hydrogen-bond donors (Lipinski definition) is 2. The van der Waals surface area contributed by atoms with Crippen molar-refractivity contribution >= 4 is 11.8 Å². The Labute approximate surface area is 98.8 Å². The molecule has 6 nitrogen and oxygen atoms in total. The molecule has 1 fully saturated rings. The molecule has 17 heavy (non-hydrogen) atoms. The highest BCUT2D eigenvalue weighted by Crippen LogP contribution is 2.17. The maximum atomic E-state index is 11.3. The molecule has 1 unspecified atom stereocenters. The molecule has 0 aliphatic carbocycles. The lowest BCUT2D eigenvalue weighted by Gasteiger charge is -2.31. The van der Waals surface area contributed by atoms with Crippen molar-refractivity contribution in [2.75, 3.05) is 19.6 Å². The number of imide groups is 1. The molecule has 90 valence electrons. The first kappa shape index (κ1) is 11.7. The number of hydrogen-bond acceptors (Lipinski definition) is 5. The van der Waals surface area contributed by atoms with E-state index in [4.69, 9.17) is 5.73 Å². The van der Waals surface area contributed by atoms with Crippen LogP contribution in [0.3, 0.4) is 0 Å². The van der Waals surface area contributed by atoms with Gasteiger partial charge in [0.05, 0.1) is 24.8 Å². The van der Waals surface area contributed by atoms with E-state index in [1.807, 2.05) is 18.2 Å². The number of nitrogens with two attached hydrogens (primary N) is 1.